The molecule has 0 aliphatic carbocycles. The number of nitrogens with two attached hydrogens (primary N) is 1. The minimum atomic E-state index is -0.232. The summed E-state index contributed by atoms with van der Waals surface area (Å²) in [4.78, 5) is 20.0. The molecule has 0 radical (unpaired) electrons. The molecule has 3 N–H and O–H groups in total. The van der Waals surface area contributed by atoms with Gasteiger partial charge in [0.05, 0.1) is 5.56 Å². The molecule has 6 heteroatoms. The number of anilines is 1. The molecule has 0 atom stereocenters. The molecule has 0 saturated carbocycles. The number of oxazole rings is 1. The van der Waals surface area contributed by atoms with E-state index >= 15 is 0 Å². The van der Waals surface area contributed by atoms with Gasteiger partial charge in [0.1, 0.15) is 12.1 Å². The van der Waals surface area contributed by atoms with E-state index in [2.05, 4.69) is 29.1 Å². The van der Waals surface area contributed by atoms with Crippen molar-refractivity contribution in [3.8, 4) is 11.5 Å². The zero-order valence-corrected chi connectivity index (χ0v) is 11.6. The van der Waals surface area contributed by atoms with Gasteiger partial charge in [0.25, 0.3) is 5.91 Å². The number of aromatic nitrogens is 2. The van der Waals surface area contributed by atoms with E-state index in [9.17, 15) is 4.79 Å². The summed E-state index contributed by atoms with van der Waals surface area (Å²) in [7, 11) is 0. The summed E-state index contributed by atoms with van der Waals surface area (Å²) < 4.78 is 5.29. The molecule has 0 aliphatic rings. The zero-order valence-electron chi connectivity index (χ0n) is 11.6. The lowest BCUT2D eigenvalue weighted by Crippen LogP contribution is -2.25. The lowest BCUT2D eigenvalue weighted by atomic mass is 10.1. The van der Waals surface area contributed by atoms with Crippen LogP contribution in [0, 0.1) is 5.92 Å². The van der Waals surface area contributed by atoms with Crippen molar-refractivity contribution >= 4 is 11.7 Å². The fraction of sp³-hybridized carbons (Fsp3) is 0.357. The predicted molar refractivity (Wildman–Crippen MR) is 75.9 cm³/mol. The first kappa shape index (κ1) is 14.0. The number of hydrogen-bond donors (Lipinski definition) is 2. The summed E-state index contributed by atoms with van der Waals surface area (Å²) in [6, 6.07) is 3.40. The largest absolute Gasteiger partial charge is 0.444 e. The number of hydrogen-bond acceptors (Lipinski definition) is 5. The van der Waals surface area contributed by atoms with Crippen molar-refractivity contribution in [1.82, 2.24) is 15.3 Å². The van der Waals surface area contributed by atoms with Crippen LogP contribution < -0.4 is 11.1 Å². The third kappa shape index (κ3) is 3.57. The molecule has 20 heavy (non-hydrogen) atoms. The minimum Gasteiger partial charge on any atom is -0.444 e. The average Bonchev–Trinajstić information content (AvgIpc) is 2.88. The molecule has 1 amide bonds. The Hall–Kier alpha value is -2.37. The number of carbonyl (C=O) groups excluding carboxylic acids is 1. The van der Waals surface area contributed by atoms with Crippen LogP contribution in [0.1, 0.15) is 30.8 Å². The predicted octanol–water partition coefficient (Wildman–Crippen LogP) is 2.09. The molecule has 0 saturated heterocycles. The number of amides is 1. The fourth-order valence-corrected chi connectivity index (χ4v) is 1.61. The van der Waals surface area contributed by atoms with E-state index in [4.69, 9.17) is 10.2 Å². The normalized spacial score (nSPS) is 10.8. The van der Waals surface area contributed by atoms with Gasteiger partial charge in [0, 0.05) is 12.7 Å². The molecule has 0 fully saturated rings. The molecule has 2 aromatic heterocycles. The van der Waals surface area contributed by atoms with Crippen LogP contribution in [0.2, 0.25) is 0 Å². The van der Waals surface area contributed by atoms with E-state index in [-0.39, 0.29) is 11.6 Å². The van der Waals surface area contributed by atoms with Gasteiger partial charge < -0.3 is 15.5 Å². The molecule has 6 nitrogen and oxygen atoms in total. The van der Waals surface area contributed by atoms with Crippen LogP contribution >= 0.6 is 0 Å². The van der Waals surface area contributed by atoms with E-state index in [1.807, 2.05) is 0 Å². The molecular formula is C14H18N4O2. The lowest BCUT2D eigenvalue weighted by molar-refractivity contribution is 0.0947. The Morgan fingerprint density at radius 2 is 2.25 bits per heavy atom. The number of nitrogen functional groups attached to an aromatic ring is 1. The van der Waals surface area contributed by atoms with E-state index in [1.54, 1.807) is 18.3 Å². The summed E-state index contributed by atoms with van der Waals surface area (Å²) in [6.07, 6.45) is 3.83. The van der Waals surface area contributed by atoms with Gasteiger partial charge in [-0.25, -0.2) is 9.97 Å². The molecule has 2 heterocycles. The summed E-state index contributed by atoms with van der Waals surface area (Å²) in [5.74, 6) is 1.09. The van der Waals surface area contributed by atoms with Crippen LogP contribution in [0.3, 0.4) is 0 Å². The van der Waals surface area contributed by atoms with Gasteiger partial charge in [0.15, 0.2) is 5.69 Å². The Kier molecular flexibility index (Phi) is 4.34. The molecule has 106 valence electrons. The Morgan fingerprint density at radius 3 is 2.90 bits per heavy atom. The molecule has 2 aromatic rings. The molecule has 0 bridgehead atoms. The quantitative estimate of drug-likeness (QED) is 0.870. The van der Waals surface area contributed by atoms with Gasteiger partial charge in [-0.1, -0.05) is 13.8 Å². The maximum Gasteiger partial charge on any atom is 0.273 e. The van der Waals surface area contributed by atoms with Crippen molar-refractivity contribution in [3.63, 3.8) is 0 Å². The highest BCUT2D eigenvalue weighted by Gasteiger charge is 2.13. The molecular weight excluding hydrogens is 256 g/mol. The van der Waals surface area contributed by atoms with Crippen LogP contribution in [-0.4, -0.2) is 22.4 Å². The second-order valence-electron chi connectivity index (χ2n) is 4.95. The Bertz CT molecular complexity index is 575. The van der Waals surface area contributed by atoms with Crippen molar-refractivity contribution < 1.29 is 9.21 Å². The SMILES string of the molecule is CC(C)CCNC(=O)c1coc(-c2ccc(N)nc2)n1. The molecule has 0 spiro atoms. The fourth-order valence-electron chi connectivity index (χ4n) is 1.61. The highest BCUT2D eigenvalue weighted by molar-refractivity contribution is 5.92. The third-order valence-corrected chi connectivity index (χ3v) is 2.78. The molecule has 0 aromatic carbocycles. The third-order valence-electron chi connectivity index (χ3n) is 2.78. The van der Waals surface area contributed by atoms with Gasteiger partial charge >= 0.3 is 0 Å². The van der Waals surface area contributed by atoms with Crippen molar-refractivity contribution in [2.24, 2.45) is 5.92 Å². The monoisotopic (exact) mass is 274 g/mol. The van der Waals surface area contributed by atoms with E-state index in [0.29, 0.717) is 29.7 Å². The van der Waals surface area contributed by atoms with Gasteiger partial charge in [-0.3, -0.25) is 4.79 Å². The van der Waals surface area contributed by atoms with E-state index in [1.165, 1.54) is 6.26 Å². The summed E-state index contributed by atoms with van der Waals surface area (Å²) in [6.45, 7) is 4.84. The van der Waals surface area contributed by atoms with Crippen LogP contribution in [0.15, 0.2) is 29.0 Å². The van der Waals surface area contributed by atoms with Crippen molar-refractivity contribution in [3.05, 3.63) is 30.3 Å². The van der Waals surface area contributed by atoms with Gasteiger partial charge in [0.2, 0.25) is 5.89 Å². The topological polar surface area (TPSA) is 94.0 Å². The smallest absolute Gasteiger partial charge is 0.273 e. The van der Waals surface area contributed by atoms with Crippen molar-refractivity contribution in [1.29, 1.82) is 0 Å². The maximum atomic E-state index is 11.9. The first-order valence-electron chi connectivity index (χ1n) is 6.52. The molecule has 2 rings (SSSR count). The van der Waals surface area contributed by atoms with E-state index < -0.39 is 0 Å². The molecule has 0 aliphatic heterocycles. The van der Waals surface area contributed by atoms with Gasteiger partial charge in [-0.2, -0.15) is 0 Å². The number of carbonyl (C=O) groups is 1. The van der Waals surface area contributed by atoms with Gasteiger partial charge in [-0.05, 0) is 24.5 Å². The standard InChI is InChI=1S/C14H18N4O2/c1-9(2)5-6-16-13(19)11-8-20-14(18-11)10-3-4-12(15)17-7-10/h3-4,7-9H,5-6H2,1-2H3,(H2,15,17)(H,16,19). The van der Waals surface area contributed by atoms with Crippen LogP contribution in [0.5, 0.6) is 0 Å². The lowest BCUT2D eigenvalue weighted by Gasteiger charge is -2.04. The molecule has 0 unspecified atom stereocenters. The highest BCUT2D eigenvalue weighted by Crippen LogP contribution is 2.18. The van der Waals surface area contributed by atoms with Crippen molar-refractivity contribution in [2.75, 3.05) is 12.3 Å². The average molecular weight is 274 g/mol. The summed E-state index contributed by atoms with van der Waals surface area (Å²) in [5, 5.41) is 2.81. The zero-order chi connectivity index (χ0) is 14.5. The van der Waals surface area contributed by atoms with Crippen molar-refractivity contribution in [2.45, 2.75) is 20.3 Å². The second-order valence-corrected chi connectivity index (χ2v) is 4.95. The van der Waals surface area contributed by atoms with Gasteiger partial charge in [-0.15, -0.1) is 0 Å². The van der Waals surface area contributed by atoms with Crippen LogP contribution in [-0.2, 0) is 0 Å². The second kappa shape index (κ2) is 6.18. The van der Waals surface area contributed by atoms with E-state index in [0.717, 1.165) is 6.42 Å². The summed E-state index contributed by atoms with van der Waals surface area (Å²) >= 11 is 0. The Morgan fingerprint density at radius 1 is 1.45 bits per heavy atom. The number of nitrogens with zero attached hydrogens (tertiary/aromatic N) is 2. The van der Waals surface area contributed by atoms with Crippen LogP contribution in [0.25, 0.3) is 11.5 Å². The summed E-state index contributed by atoms with van der Waals surface area (Å²) in [5.41, 5.74) is 6.46. The maximum absolute atomic E-state index is 11.9. The number of pyridine rings is 1. The number of nitrogens with one attached hydrogen (secondary N) is 1. The Balaban J connectivity index is 2.01. The first-order chi connectivity index (χ1) is 9.56. The number of rotatable bonds is 5. The highest BCUT2D eigenvalue weighted by atomic mass is 16.3. The first-order valence-corrected chi connectivity index (χ1v) is 6.52. The minimum absolute atomic E-state index is 0.232. The van der Waals surface area contributed by atoms with Crippen LogP contribution in [0.4, 0.5) is 5.82 Å². The Labute approximate surface area is 117 Å².